The Labute approximate surface area is 127 Å². The van der Waals surface area contributed by atoms with E-state index in [0.29, 0.717) is 13.2 Å². The van der Waals surface area contributed by atoms with Gasteiger partial charge in [0.05, 0.1) is 5.54 Å². The van der Waals surface area contributed by atoms with Crippen molar-refractivity contribution in [2.45, 2.75) is 26.3 Å². The molecule has 0 atom stereocenters. The van der Waals surface area contributed by atoms with Crippen LogP contribution in [0.3, 0.4) is 0 Å². The Kier molecular flexibility index (Phi) is 5.97. The van der Waals surface area contributed by atoms with Gasteiger partial charge in [-0.1, -0.05) is 36.4 Å². The summed E-state index contributed by atoms with van der Waals surface area (Å²) in [5.41, 5.74) is 2.67. The number of benzene rings is 1. The van der Waals surface area contributed by atoms with E-state index >= 15 is 0 Å². The van der Waals surface area contributed by atoms with Crippen LogP contribution in [0, 0.1) is 0 Å². The third-order valence-corrected chi connectivity index (χ3v) is 3.29. The smallest absolute Gasteiger partial charge is 0.407 e. The van der Waals surface area contributed by atoms with E-state index in [1.165, 1.54) is 0 Å². The van der Waals surface area contributed by atoms with Crippen LogP contribution in [0.2, 0.25) is 0 Å². The minimum Gasteiger partial charge on any atom is -0.448 e. The van der Waals surface area contributed by atoms with Crippen LogP contribution in [0.1, 0.15) is 31.9 Å². The second-order valence-electron chi connectivity index (χ2n) is 6.05. The van der Waals surface area contributed by atoms with Crippen molar-refractivity contribution >= 4 is 11.7 Å². The number of carbonyl (C=O) groups excluding carboxylic acids is 1. The Morgan fingerprint density at radius 3 is 2.33 bits per heavy atom. The summed E-state index contributed by atoms with van der Waals surface area (Å²) in [4.78, 5) is 13.8. The number of ether oxygens (including phenoxy) is 1. The number of nitrogens with one attached hydrogen (secondary N) is 1. The fourth-order valence-electron chi connectivity index (χ4n) is 1.86. The van der Waals surface area contributed by atoms with Crippen molar-refractivity contribution in [1.82, 2.24) is 10.2 Å². The zero-order valence-corrected chi connectivity index (χ0v) is 13.7. The number of rotatable bonds is 6. The molecular weight excluding hydrogens is 264 g/mol. The van der Waals surface area contributed by atoms with Gasteiger partial charge >= 0.3 is 6.09 Å². The summed E-state index contributed by atoms with van der Waals surface area (Å²) in [6.07, 6.45) is -0.397. The molecule has 0 bridgehead atoms. The van der Waals surface area contributed by atoms with Crippen molar-refractivity contribution in [3.05, 3.63) is 42.0 Å². The molecule has 0 saturated heterocycles. The number of hydrogen-bond acceptors (Lipinski definition) is 3. The molecule has 21 heavy (non-hydrogen) atoms. The molecule has 1 aromatic rings. The molecule has 1 rings (SSSR count). The molecule has 1 N–H and O–H groups in total. The summed E-state index contributed by atoms with van der Waals surface area (Å²) in [6.45, 7) is 10.9. The second-order valence-corrected chi connectivity index (χ2v) is 6.05. The molecule has 0 saturated carbocycles. The maximum Gasteiger partial charge on any atom is 0.407 e. The standard InChI is InChI=1S/C17H26N2O2/c1-13(2)14-7-9-15(10-8-14)17(3,4)18-16(20)21-12-11-19(5)6/h7-10H,1,11-12H2,2-6H3,(H,18,20). The third-order valence-electron chi connectivity index (χ3n) is 3.29. The van der Waals surface area contributed by atoms with Crippen molar-refractivity contribution < 1.29 is 9.53 Å². The van der Waals surface area contributed by atoms with Crippen molar-refractivity contribution in [3.63, 3.8) is 0 Å². The lowest BCUT2D eigenvalue weighted by atomic mass is 9.93. The number of likely N-dealkylation sites (N-methyl/N-ethyl adjacent to an activating group) is 1. The average Bonchev–Trinajstić information content (AvgIpc) is 2.37. The highest BCUT2D eigenvalue weighted by atomic mass is 16.5. The molecule has 0 aliphatic carbocycles. The molecule has 0 fully saturated rings. The number of amides is 1. The lowest BCUT2D eigenvalue weighted by Crippen LogP contribution is -2.41. The van der Waals surface area contributed by atoms with Crippen LogP contribution >= 0.6 is 0 Å². The van der Waals surface area contributed by atoms with Gasteiger partial charge in [0.2, 0.25) is 0 Å². The first kappa shape index (κ1) is 17.2. The summed E-state index contributed by atoms with van der Waals surface area (Å²) in [7, 11) is 3.88. The molecule has 4 nitrogen and oxygen atoms in total. The minimum atomic E-state index is -0.483. The van der Waals surface area contributed by atoms with Gasteiger partial charge in [0.15, 0.2) is 0 Å². The van der Waals surface area contributed by atoms with E-state index in [1.807, 2.05) is 64.0 Å². The molecule has 0 spiro atoms. The number of hydrogen-bond donors (Lipinski definition) is 1. The summed E-state index contributed by atoms with van der Waals surface area (Å²) >= 11 is 0. The van der Waals surface area contributed by atoms with Gasteiger partial charge in [0, 0.05) is 6.54 Å². The monoisotopic (exact) mass is 290 g/mol. The lowest BCUT2D eigenvalue weighted by molar-refractivity contribution is 0.127. The summed E-state index contributed by atoms with van der Waals surface area (Å²) in [6, 6.07) is 8.03. The predicted octanol–water partition coefficient (Wildman–Crippen LogP) is 3.24. The molecule has 0 aliphatic rings. The molecule has 0 aromatic heterocycles. The molecule has 116 valence electrons. The summed E-state index contributed by atoms with van der Waals surface area (Å²) in [5.74, 6) is 0. The van der Waals surface area contributed by atoms with Crippen LogP contribution in [0.15, 0.2) is 30.8 Å². The zero-order chi connectivity index (χ0) is 16.0. The van der Waals surface area contributed by atoms with E-state index in [9.17, 15) is 4.79 Å². The van der Waals surface area contributed by atoms with Gasteiger partial charge in [-0.3, -0.25) is 0 Å². The maximum atomic E-state index is 11.8. The Morgan fingerprint density at radius 1 is 1.29 bits per heavy atom. The van der Waals surface area contributed by atoms with E-state index < -0.39 is 11.6 Å². The fourth-order valence-corrected chi connectivity index (χ4v) is 1.86. The van der Waals surface area contributed by atoms with Gasteiger partial charge in [0.25, 0.3) is 0 Å². The largest absolute Gasteiger partial charge is 0.448 e. The first-order chi connectivity index (χ1) is 9.72. The highest BCUT2D eigenvalue weighted by Crippen LogP contribution is 2.22. The van der Waals surface area contributed by atoms with Gasteiger partial charge in [-0.15, -0.1) is 0 Å². The highest BCUT2D eigenvalue weighted by molar-refractivity contribution is 5.68. The van der Waals surface area contributed by atoms with Gasteiger partial charge in [-0.25, -0.2) is 4.79 Å². The average molecular weight is 290 g/mol. The van der Waals surface area contributed by atoms with Crippen molar-refractivity contribution in [2.24, 2.45) is 0 Å². The van der Waals surface area contributed by atoms with E-state index in [-0.39, 0.29) is 0 Å². The number of alkyl carbamates (subject to hydrolysis) is 1. The number of carbonyl (C=O) groups is 1. The van der Waals surface area contributed by atoms with Gasteiger partial charge in [-0.05, 0) is 46.0 Å². The summed E-state index contributed by atoms with van der Waals surface area (Å²) < 4.78 is 5.17. The van der Waals surface area contributed by atoms with Gasteiger partial charge < -0.3 is 15.0 Å². The zero-order valence-electron chi connectivity index (χ0n) is 13.7. The molecule has 1 amide bonds. The van der Waals surface area contributed by atoms with Crippen LogP contribution in [0.25, 0.3) is 5.57 Å². The lowest BCUT2D eigenvalue weighted by Gasteiger charge is -2.26. The third kappa shape index (κ3) is 5.60. The maximum absolute atomic E-state index is 11.8. The fraction of sp³-hybridized carbons (Fsp3) is 0.471. The van der Waals surface area contributed by atoms with Crippen LogP contribution in [0.5, 0.6) is 0 Å². The first-order valence-electron chi connectivity index (χ1n) is 7.08. The van der Waals surface area contributed by atoms with E-state index in [4.69, 9.17) is 4.74 Å². The normalized spacial score (nSPS) is 11.3. The Hall–Kier alpha value is -1.81. The molecule has 4 heteroatoms. The summed E-state index contributed by atoms with van der Waals surface area (Å²) in [5, 5.41) is 2.89. The SMILES string of the molecule is C=C(C)c1ccc(C(C)(C)NC(=O)OCCN(C)C)cc1. The Balaban J connectivity index is 2.63. The van der Waals surface area contributed by atoms with E-state index in [1.54, 1.807) is 0 Å². The van der Waals surface area contributed by atoms with Gasteiger partial charge in [-0.2, -0.15) is 0 Å². The Bertz CT molecular complexity index is 490. The van der Waals surface area contributed by atoms with E-state index in [0.717, 1.165) is 16.7 Å². The van der Waals surface area contributed by atoms with Crippen LogP contribution in [0.4, 0.5) is 4.79 Å². The van der Waals surface area contributed by atoms with Crippen molar-refractivity contribution in [2.75, 3.05) is 27.2 Å². The first-order valence-corrected chi connectivity index (χ1v) is 7.08. The van der Waals surface area contributed by atoms with Crippen LogP contribution in [-0.2, 0) is 10.3 Å². The molecule has 0 aliphatic heterocycles. The van der Waals surface area contributed by atoms with Crippen molar-refractivity contribution in [1.29, 1.82) is 0 Å². The molecule has 0 radical (unpaired) electrons. The quantitative estimate of drug-likeness (QED) is 0.874. The molecule has 1 aromatic carbocycles. The number of allylic oxidation sites excluding steroid dienone is 1. The molecule has 0 unspecified atom stereocenters. The highest BCUT2D eigenvalue weighted by Gasteiger charge is 2.23. The van der Waals surface area contributed by atoms with Crippen LogP contribution < -0.4 is 5.32 Å². The van der Waals surface area contributed by atoms with Gasteiger partial charge in [0.1, 0.15) is 6.61 Å². The van der Waals surface area contributed by atoms with Crippen molar-refractivity contribution in [3.8, 4) is 0 Å². The Morgan fingerprint density at radius 2 is 1.86 bits per heavy atom. The predicted molar refractivity (Wildman–Crippen MR) is 87.2 cm³/mol. The second kappa shape index (κ2) is 7.27. The van der Waals surface area contributed by atoms with Crippen LogP contribution in [-0.4, -0.2) is 38.2 Å². The molecular formula is C17H26N2O2. The van der Waals surface area contributed by atoms with E-state index in [2.05, 4.69) is 11.9 Å². The number of nitrogens with zero attached hydrogens (tertiary/aromatic N) is 1. The minimum absolute atomic E-state index is 0.378. The topological polar surface area (TPSA) is 41.6 Å². The molecule has 0 heterocycles.